The topological polar surface area (TPSA) is 98.4 Å². The normalized spacial score (nSPS) is 16.0. The molecule has 2 aromatic heterocycles. The molecule has 0 unspecified atom stereocenters. The average Bonchev–Trinajstić information content (AvgIpc) is 3.34. The number of rotatable bonds is 5. The summed E-state index contributed by atoms with van der Waals surface area (Å²) in [7, 11) is 0. The Morgan fingerprint density at radius 1 is 1.15 bits per heavy atom. The van der Waals surface area contributed by atoms with Crippen LogP contribution in [0.25, 0.3) is 11.5 Å². The van der Waals surface area contributed by atoms with Gasteiger partial charge in [-0.25, -0.2) is 0 Å². The number of piperidine rings is 1. The molecule has 1 aliphatic rings. The van der Waals surface area contributed by atoms with Gasteiger partial charge in [-0.2, -0.15) is 0 Å². The monoisotopic (exact) mass is 354 g/mol. The van der Waals surface area contributed by atoms with Crippen LogP contribution in [0.4, 0.5) is 5.69 Å². The third-order valence-corrected chi connectivity index (χ3v) is 4.70. The van der Waals surface area contributed by atoms with Crippen molar-refractivity contribution < 1.29 is 13.8 Å². The summed E-state index contributed by atoms with van der Waals surface area (Å²) in [4.78, 5) is 12.7. The van der Waals surface area contributed by atoms with Crippen LogP contribution in [0.1, 0.15) is 30.2 Å². The highest BCUT2D eigenvalue weighted by atomic mass is 16.6. The number of likely N-dealkylation sites (tertiary alicyclic amines) is 1. The van der Waals surface area contributed by atoms with Gasteiger partial charge in [0.1, 0.15) is 6.26 Å². The molecule has 0 N–H and O–H groups in total. The van der Waals surface area contributed by atoms with Crippen LogP contribution in [-0.2, 0) is 6.54 Å². The molecule has 0 atom stereocenters. The fourth-order valence-electron chi connectivity index (χ4n) is 3.22. The second-order valence-electron chi connectivity index (χ2n) is 6.43. The first-order valence-electron chi connectivity index (χ1n) is 8.51. The van der Waals surface area contributed by atoms with Gasteiger partial charge in [0, 0.05) is 24.6 Å². The quantitative estimate of drug-likeness (QED) is 0.510. The van der Waals surface area contributed by atoms with Crippen molar-refractivity contribution in [2.24, 2.45) is 0 Å². The number of hydrogen-bond donors (Lipinski definition) is 0. The van der Waals surface area contributed by atoms with Gasteiger partial charge in [0.2, 0.25) is 5.89 Å². The minimum Gasteiger partial charge on any atom is -0.472 e. The lowest BCUT2D eigenvalue weighted by Crippen LogP contribution is -2.32. The van der Waals surface area contributed by atoms with Gasteiger partial charge in [0.25, 0.3) is 11.6 Å². The first-order valence-corrected chi connectivity index (χ1v) is 8.51. The van der Waals surface area contributed by atoms with E-state index in [1.807, 2.05) is 12.1 Å². The van der Waals surface area contributed by atoms with Gasteiger partial charge in [-0.1, -0.05) is 12.1 Å². The van der Waals surface area contributed by atoms with E-state index >= 15 is 0 Å². The molecule has 8 heteroatoms. The highest BCUT2D eigenvalue weighted by Gasteiger charge is 2.25. The third kappa shape index (κ3) is 3.50. The Morgan fingerprint density at radius 3 is 2.58 bits per heavy atom. The number of hydrogen-bond acceptors (Lipinski definition) is 7. The summed E-state index contributed by atoms with van der Waals surface area (Å²) >= 11 is 0. The van der Waals surface area contributed by atoms with Crippen molar-refractivity contribution in [2.75, 3.05) is 13.1 Å². The van der Waals surface area contributed by atoms with Crippen molar-refractivity contribution >= 4 is 5.69 Å². The van der Waals surface area contributed by atoms with E-state index in [-0.39, 0.29) is 16.5 Å². The maximum atomic E-state index is 10.7. The number of non-ortho nitro benzene ring substituents is 1. The van der Waals surface area contributed by atoms with Crippen molar-refractivity contribution in [3.8, 4) is 11.5 Å². The zero-order chi connectivity index (χ0) is 17.9. The second kappa shape index (κ2) is 7.09. The van der Waals surface area contributed by atoms with Gasteiger partial charge in [0.15, 0.2) is 0 Å². The van der Waals surface area contributed by atoms with Crippen molar-refractivity contribution in [2.45, 2.75) is 25.3 Å². The van der Waals surface area contributed by atoms with Crippen LogP contribution in [-0.4, -0.2) is 33.1 Å². The highest BCUT2D eigenvalue weighted by molar-refractivity contribution is 5.49. The summed E-state index contributed by atoms with van der Waals surface area (Å²) in [5, 5.41) is 19.0. The van der Waals surface area contributed by atoms with E-state index in [0.29, 0.717) is 11.8 Å². The van der Waals surface area contributed by atoms with Crippen molar-refractivity contribution in [1.82, 2.24) is 15.1 Å². The minimum absolute atomic E-state index is 0.122. The molecule has 26 heavy (non-hydrogen) atoms. The van der Waals surface area contributed by atoms with E-state index in [4.69, 9.17) is 8.83 Å². The molecule has 1 saturated heterocycles. The Morgan fingerprint density at radius 2 is 1.92 bits per heavy atom. The van der Waals surface area contributed by atoms with Gasteiger partial charge in [-0.3, -0.25) is 15.0 Å². The van der Waals surface area contributed by atoms with Gasteiger partial charge < -0.3 is 8.83 Å². The molecule has 0 spiro atoms. The molecular formula is C18H18N4O4. The first-order chi connectivity index (χ1) is 12.7. The van der Waals surface area contributed by atoms with Crippen LogP contribution in [0, 0.1) is 10.1 Å². The molecular weight excluding hydrogens is 336 g/mol. The number of furan rings is 1. The summed E-state index contributed by atoms with van der Waals surface area (Å²) in [6.07, 6.45) is 5.06. The SMILES string of the molecule is O=[N+]([O-])c1ccc(CN2CCC(c3nnc(-c4ccoc4)o3)CC2)cc1. The van der Waals surface area contributed by atoms with E-state index in [9.17, 15) is 10.1 Å². The molecule has 1 aromatic carbocycles. The molecule has 0 bridgehead atoms. The fraction of sp³-hybridized carbons (Fsp3) is 0.333. The zero-order valence-electron chi connectivity index (χ0n) is 14.1. The Kier molecular flexibility index (Phi) is 4.49. The maximum Gasteiger partial charge on any atom is 0.269 e. The lowest BCUT2D eigenvalue weighted by Gasteiger charge is -2.30. The van der Waals surface area contributed by atoms with E-state index in [1.54, 1.807) is 30.7 Å². The highest BCUT2D eigenvalue weighted by Crippen LogP contribution is 2.30. The van der Waals surface area contributed by atoms with E-state index in [0.717, 1.165) is 43.6 Å². The molecule has 3 heterocycles. The Balaban J connectivity index is 1.33. The molecule has 0 aliphatic carbocycles. The number of aromatic nitrogens is 2. The Bertz CT molecular complexity index is 865. The minimum atomic E-state index is -0.378. The van der Waals surface area contributed by atoms with Crippen LogP contribution in [0.3, 0.4) is 0 Å². The predicted octanol–water partition coefficient (Wildman–Crippen LogP) is 3.62. The predicted molar refractivity (Wildman–Crippen MR) is 92.3 cm³/mol. The first kappa shape index (κ1) is 16.5. The average molecular weight is 354 g/mol. The van der Waals surface area contributed by atoms with E-state index in [1.165, 1.54) is 0 Å². The van der Waals surface area contributed by atoms with Crippen LogP contribution >= 0.6 is 0 Å². The van der Waals surface area contributed by atoms with Crippen LogP contribution in [0.2, 0.25) is 0 Å². The van der Waals surface area contributed by atoms with Crippen LogP contribution in [0.15, 0.2) is 51.7 Å². The molecule has 1 aliphatic heterocycles. The van der Waals surface area contributed by atoms with Crippen LogP contribution in [0.5, 0.6) is 0 Å². The summed E-state index contributed by atoms with van der Waals surface area (Å²) < 4.78 is 10.8. The van der Waals surface area contributed by atoms with Crippen molar-refractivity contribution in [1.29, 1.82) is 0 Å². The van der Waals surface area contributed by atoms with Gasteiger partial charge in [-0.05, 0) is 37.6 Å². The smallest absolute Gasteiger partial charge is 0.269 e. The molecule has 4 rings (SSSR count). The largest absolute Gasteiger partial charge is 0.472 e. The summed E-state index contributed by atoms with van der Waals surface area (Å²) in [5.74, 6) is 1.43. The van der Waals surface area contributed by atoms with Gasteiger partial charge >= 0.3 is 0 Å². The summed E-state index contributed by atoms with van der Waals surface area (Å²) in [6.45, 7) is 2.63. The van der Waals surface area contributed by atoms with E-state index < -0.39 is 0 Å². The third-order valence-electron chi connectivity index (χ3n) is 4.70. The van der Waals surface area contributed by atoms with E-state index in [2.05, 4.69) is 15.1 Å². The standard InChI is InChI=1S/C18H18N4O4/c23-22(24)16-3-1-13(2-4-16)11-21-8-5-14(6-9-21)17-19-20-18(26-17)15-7-10-25-12-15/h1-4,7,10,12,14H,5-6,8-9,11H2. The van der Waals surface area contributed by atoms with Gasteiger partial charge in [0.05, 0.1) is 16.7 Å². The molecule has 0 radical (unpaired) electrons. The Labute approximate surface area is 149 Å². The number of benzene rings is 1. The molecule has 0 amide bonds. The lowest BCUT2D eigenvalue weighted by atomic mass is 9.96. The van der Waals surface area contributed by atoms with Crippen LogP contribution < -0.4 is 0 Å². The van der Waals surface area contributed by atoms with Crippen molar-refractivity contribution in [3.63, 3.8) is 0 Å². The molecule has 134 valence electrons. The fourth-order valence-corrected chi connectivity index (χ4v) is 3.22. The summed E-state index contributed by atoms with van der Waals surface area (Å²) in [5.41, 5.74) is 1.99. The molecule has 3 aromatic rings. The number of nitro benzene ring substituents is 1. The molecule has 1 fully saturated rings. The summed E-state index contributed by atoms with van der Waals surface area (Å²) in [6, 6.07) is 8.54. The van der Waals surface area contributed by atoms with Gasteiger partial charge in [-0.15, -0.1) is 10.2 Å². The second-order valence-corrected chi connectivity index (χ2v) is 6.43. The van der Waals surface area contributed by atoms with Crippen molar-refractivity contribution in [3.05, 3.63) is 64.4 Å². The molecule has 0 saturated carbocycles. The molecule has 8 nitrogen and oxygen atoms in total. The lowest BCUT2D eigenvalue weighted by molar-refractivity contribution is -0.384. The Hall–Kier alpha value is -3.00. The zero-order valence-corrected chi connectivity index (χ0v) is 14.1. The number of nitrogens with zero attached hydrogens (tertiary/aromatic N) is 4. The maximum absolute atomic E-state index is 10.7. The number of nitro groups is 1.